The molecular weight excluding hydrogens is 410 g/mol. The Bertz CT molecular complexity index is 1290. The predicted molar refractivity (Wildman–Crippen MR) is 124 cm³/mol. The van der Waals surface area contributed by atoms with Crippen molar-refractivity contribution in [2.45, 2.75) is 19.8 Å². The van der Waals surface area contributed by atoms with E-state index in [9.17, 15) is 4.79 Å². The highest BCUT2D eigenvalue weighted by Crippen LogP contribution is 2.21. The van der Waals surface area contributed by atoms with E-state index in [0.717, 1.165) is 35.5 Å². The molecule has 0 aliphatic carbocycles. The predicted octanol–water partition coefficient (Wildman–Crippen LogP) is 4.11. The molecule has 2 aromatic heterocycles. The van der Waals surface area contributed by atoms with Gasteiger partial charge in [-0.3, -0.25) is 4.79 Å². The van der Waals surface area contributed by atoms with Gasteiger partial charge in [0.25, 0.3) is 5.56 Å². The van der Waals surface area contributed by atoms with Gasteiger partial charge in [0, 0.05) is 11.1 Å². The second-order valence-electron chi connectivity index (χ2n) is 6.91. The van der Waals surface area contributed by atoms with Gasteiger partial charge in [-0.25, -0.2) is 0 Å². The summed E-state index contributed by atoms with van der Waals surface area (Å²) in [7, 11) is 0. The number of ether oxygens (including phenoxy) is 2. The van der Waals surface area contributed by atoms with Crippen molar-refractivity contribution in [3.05, 3.63) is 81.6 Å². The Labute approximate surface area is 184 Å². The lowest BCUT2D eigenvalue weighted by molar-refractivity contribution is 0.309. The molecule has 2 aromatic carbocycles. The SMILES string of the molecule is C=CCOc1ccc(-c2nc3sc(=Cc4ccccc4OCCCC)c(=O)n3n2)cc1. The van der Waals surface area contributed by atoms with Crippen LogP contribution in [0.15, 0.2) is 66.0 Å². The zero-order chi connectivity index (χ0) is 21.6. The first kappa shape index (κ1) is 20.8. The molecule has 4 aromatic rings. The van der Waals surface area contributed by atoms with Gasteiger partial charge in [-0.15, -0.1) is 5.10 Å². The largest absolute Gasteiger partial charge is 0.493 e. The first-order valence-corrected chi connectivity index (χ1v) is 11.0. The monoisotopic (exact) mass is 433 g/mol. The maximum atomic E-state index is 12.9. The van der Waals surface area contributed by atoms with Gasteiger partial charge in [-0.2, -0.15) is 9.50 Å². The molecule has 4 rings (SSSR count). The molecule has 0 amide bonds. The Kier molecular flexibility index (Phi) is 6.43. The Balaban J connectivity index is 1.63. The number of rotatable bonds is 9. The molecule has 0 saturated heterocycles. The van der Waals surface area contributed by atoms with Gasteiger partial charge in [-0.1, -0.05) is 55.5 Å². The van der Waals surface area contributed by atoms with Crippen molar-refractivity contribution in [3.8, 4) is 22.9 Å². The average Bonchev–Trinajstić information content (AvgIpc) is 3.33. The van der Waals surface area contributed by atoms with Crippen molar-refractivity contribution < 1.29 is 9.47 Å². The van der Waals surface area contributed by atoms with Crippen LogP contribution in [0, 0.1) is 0 Å². The van der Waals surface area contributed by atoms with E-state index >= 15 is 0 Å². The highest BCUT2D eigenvalue weighted by atomic mass is 32.1. The minimum atomic E-state index is -0.187. The number of hydrogen-bond acceptors (Lipinski definition) is 6. The molecule has 0 bridgehead atoms. The van der Waals surface area contributed by atoms with Crippen molar-refractivity contribution >= 4 is 22.4 Å². The summed E-state index contributed by atoms with van der Waals surface area (Å²) >= 11 is 1.32. The fourth-order valence-corrected chi connectivity index (χ4v) is 3.91. The molecule has 0 aliphatic rings. The number of para-hydroxylation sites is 1. The first-order valence-electron chi connectivity index (χ1n) is 10.2. The molecule has 158 valence electrons. The van der Waals surface area contributed by atoms with E-state index in [1.807, 2.05) is 54.6 Å². The first-order chi connectivity index (χ1) is 15.2. The molecular formula is C24H23N3O3S. The number of fused-ring (bicyclic) bond motifs is 1. The standard InChI is InChI=1S/C24H23N3O3S/c1-3-5-15-30-20-9-7-6-8-18(20)16-21-23(28)27-24(31-21)25-22(26-27)17-10-12-19(13-11-17)29-14-4-2/h4,6-13,16H,2-3,5,14-15H2,1H3. The van der Waals surface area contributed by atoms with Crippen LogP contribution >= 0.6 is 11.3 Å². The summed E-state index contributed by atoms with van der Waals surface area (Å²) < 4.78 is 13.3. The lowest BCUT2D eigenvalue weighted by Crippen LogP contribution is -2.23. The number of thiazole rings is 1. The second-order valence-corrected chi connectivity index (χ2v) is 7.92. The molecule has 31 heavy (non-hydrogen) atoms. The lowest BCUT2D eigenvalue weighted by atomic mass is 10.2. The molecule has 0 N–H and O–H groups in total. The Morgan fingerprint density at radius 3 is 2.68 bits per heavy atom. The summed E-state index contributed by atoms with van der Waals surface area (Å²) in [6.45, 7) is 6.86. The highest BCUT2D eigenvalue weighted by Gasteiger charge is 2.12. The van der Waals surface area contributed by atoms with Crippen LogP contribution < -0.4 is 19.6 Å². The third-order valence-corrected chi connectivity index (χ3v) is 5.58. The van der Waals surface area contributed by atoms with Gasteiger partial charge in [0.1, 0.15) is 18.1 Å². The van der Waals surface area contributed by atoms with Crippen molar-refractivity contribution in [2.75, 3.05) is 13.2 Å². The molecule has 0 fully saturated rings. The van der Waals surface area contributed by atoms with E-state index in [0.29, 0.717) is 28.5 Å². The molecule has 6 nitrogen and oxygen atoms in total. The van der Waals surface area contributed by atoms with Gasteiger partial charge >= 0.3 is 0 Å². The fraction of sp³-hybridized carbons (Fsp3) is 0.208. The van der Waals surface area contributed by atoms with Gasteiger partial charge in [0.2, 0.25) is 4.96 Å². The third kappa shape index (κ3) is 4.67. The van der Waals surface area contributed by atoms with Crippen LogP contribution in [0.5, 0.6) is 11.5 Å². The van der Waals surface area contributed by atoms with Gasteiger partial charge < -0.3 is 9.47 Å². The molecule has 7 heteroatoms. The van der Waals surface area contributed by atoms with Crippen LogP contribution in [0.4, 0.5) is 0 Å². The van der Waals surface area contributed by atoms with E-state index in [-0.39, 0.29) is 5.56 Å². The normalized spacial score (nSPS) is 11.7. The minimum Gasteiger partial charge on any atom is -0.493 e. The highest BCUT2D eigenvalue weighted by molar-refractivity contribution is 7.15. The van der Waals surface area contributed by atoms with Crippen LogP contribution in [0.1, 0.15) is 25.3 Å². The summed E-state index contributed by atoms with van der Waals surface area (Å²) in [5.41, 5.74) is 1.50. The van der Waals surface area contributed by atoms with E-state index in [1.165, 1.54) is 15.9 Å². The Morgan fingerprint density at radius 1 is 1.13 bits per heavy atom. The molecule has 2 heterocycles. The van der Waals surface area contributed by atoms with Crippen LogP contribution in [0.3, 0.4) is 0 Å². The zero-order valence-electron chi connectivity index (χ0n) is 17.3. The van der Waals surface area contributed by atoms with Gasteiger partial charge in [-0.05, 0) is 42.8 Å². The van der Waals surface area contributed by atoms with Crippen LogP contribution in [0.2, 0.25) is 0 Å². The average molecular weight is 434 g/mol. The number of nitrogens with zero attached hydrogens (tertiary/aromatic N) is 3. The Hall–Kier alpha value is -3.45. The zero-order valence-corrected chi connectivity index (χ0v) is 18.1. The van der Waals surface area contributed by atoms with E-state index in [4.69, 9.17) is 9.47 Å². The van der Waals surface area contributed by atoms with Crippen LogP contribution in [-0.4, -0.2) is 27.8 Å². The van der Waals surface area contributed by atoms with E-state index in [2.05, 4.69) is 23.6 Å². The van der Waals surface area contributed by atoms with Gasteiger partial charge in [0.15, 0.2) is 5.82 Å². The number of aromatic nitrogens is 3. The van der Waals surface area contributed by atoms with Crippen LogP contribution in [0.25, 0.3) is 22.4 Å². The maximum absolute atomic E-state index is 12.9. The molecule has 0 saturated carbocycles. The second kappa shape index (κ2) is 9.57. The number of unbranched alkanes of at least 4 members (excludes halogenated alkanes) is 1. The molecule has 0 atom stereocenters. The van der Waals surface area contributed by atoms with Crippen molar-refractivity contribution in [2.24, 2.45) is 0 Å². The summed E-state index contributed by atoms with van der Waals surface area (Å²) in [4.78, 5) is 18.0. The summed E-state index contributed by atoms with van der Waals surface area (Å²) in [6.07, 6.45) is 5.59. The van der Waals surface area contributed by atoms with Crippen molar-refractivity contribution in [3.63, 3.8) is 0 Å². The molecule has 0 unspecified atom stereocenters. The smallest absolute Gasteiger partial charge is 0.291 e. The maximum Gasteiger partial charge on any atom is 0.291 e. The number of hydrogen-bond donors (Lipinski definition) is 0. The summed E-state index contributed by atoms with van der Waals surface area (Å²) in [6, 6.07) is 15.2. The topological polar surface area (TPSA) is 65.7 Å². The molecule has 0 radical (unpaired) electrons. The fourth-order valence-electron chi connectivity index (χ4n) is 3.01. The summed E-state index contributed by atoms with van der Waals surface area (Å²) in [5.74, 6) is 2.02. The van der Waals surface area contributed by atoms with Crippen molar-refractivity contribution in [1.82, 2.24) is 14.6 Å². The quantitative estimate of drug-likeness (QED) is 0.294. The Morgan fingerprint density at radius 2 is 1.94 bits per heavy atom. The van der Waals surface area contributed by atoms with E-state index < -0.39 is 0 Å². The molecule has 0 aliphatic heterocycles. The number of benzene rings is 2. The summed E-state index contributed by atoms with van der Waals surface area (Å²) in [5, 5.41) is 4.41. The van der Waals surface area contributed by atoms with Gasteiger partial charge in [0.05, 0.1) is 11.1 Å². The van der Waals surface area contributed by atoms with Crippen LogP contribution in [-0.2, 0) is 0 Å². The van der Waals surface area contributed by atoms with Crippen molar-refractivity contribution in [1.29, 1.82) is 0 Å². The minimum absolute atomic E-state index is 0.187. The third-order valence-electron chi connectivity index (χ3n) is 4.62. The molecule has 0 spiro atoms. The lowest BCUT2D eigenvalue weighted by Gasteiger charge is -2.07. The van der Waals surface area contributed by atoms with E-state index in [1.54, 1.807) is 6.08 Å².